The lowest BCUT2D eigenvalue weighted by Crippen LogP contribution is -2.51. The second-order valence-corrected chi connectivity index (χ2v) is 9.63. The predicted octanol–water partition coefficient (Wildman–Crippen LogP) is 1.78. The molecule has 12 nitrogen and oxygen atoms in total. The lowest BCUT2D eigenvalue weighted by molar-refractivity contribution is -0.130. The zero-order chi connectivity index (χ0) is 28.4. The molecule has 2 aliphatic rings. The summed E-state index contributed by atoms with van der Waals surface area (Å²) >= 11 is 0. The Balaban J connectivity index is 1.15. The van der Waals surface area contributed by atoms with Gasteiger partial charge in [0.1, 0.15) is 23.3 Å². The topological polar surface area (TPSA) is 129 Å². The first kappa shape index (κ1) is 27.0. The summed E-state index contributed by atoms with van der Waals surface area (Å²) in [7, 11) is 0. The van der Waals surface area contributed by atoms with Crippen LogP contribution in [0, 0.1) is 11.6 Å². The number of ketones is 1. The number of ether oxygens (including phenoxy) is 1. The van der Waals surface area contributed by atoms with E-state index in [4.69, 9.17) is 4.74 Å². The third-order valence-corrected chi connectivity index (χ3v) is 6.85. The van der Waals surface area contributed by atoms with Crippen LogP contribution in [-0.4, -0.2) is 88.3 Å². The number of rotatable bonds is 8. The van der Waals surface area contributed by atoms with Gasteiger partial charge in [0.15, 0.2) is 17.3 Å². The van der Waals surface area contributed by atoms with E-state index in [0.29, 0.717) is 12.1 Å². The number of anilines is 2. The number of cyclic esters (lactones) is 1. The Labute approximate surface area is 227 Å². The zero-order valence-corrected chi connectivity index (χ0v) is 21.7. The average molecular weight is 556 g/mol. The first-order chi connectivity index (χ1) is 19.2. The van der Waals surface area contributed by atoms with Crippen LogP contribution in [0.5, 0.6) is 0 Å². The van der Waals surface area contributed by atoms with E-state index < -0.39 is 29.7 Å². The summed E-state index contributed by atoms with van der Waals surface area (Å²) in [6.07, 6.45) is 5.57. The van der Waals surface area contributed by atoms with Crippen LogP contribution in [0.25, 0.3) is 5.65 Å². The standard InChI is InChI=1S/C26H27F2N7O5/c1-16(36)2-3-18-14-35(26(39)40-18)17-10-19(27)24(20(28)11-17)33-8-6-32(7-9-33)23(37)13-30-25(38)21-15-34-5-4-29-12-22(34)31-21/h4-5,10-12,15,18H,2-3,6-9,13-14H2,1H3,(H,30,38)/t18-/m0/s1. The zero-order valence-electron chi connectivity index (χ0n) is 21.7. The van der Waals surface area contributed by atoms with Crippen LogP contribution in [0.2, 0.25) is 0 Å². The van der Waals surface area contributed by atoms with Gasteiger partial charge in [-0.1, -0.05) is 0 Å². The normalized spacial score (nSPS) is 17.3. The Hall–Kier alpha value is -4.62. The first-order valence-corrected chi connectivity index (χ1v) is 12.8. The van der Waals surface area contributed by atoms with Gasteiger partial charge < -0.3 is 29.0 Å². The van der Waals surface area contributed by atoms with Crippen molar-refractivity contribution in [3.05, 3.63) is 54.2 Å². The van der Waals surface area contributed by atoms with Crippen molar-refractivity contribution >= 4 is 40.7 Å². The molecule has 14 heteroatoms. The minimum Gasteiger partial charge on any atom is -0.444 e. The number of nitrogens with zero attached hydrogens (tertiary/aromatic N) is 6. The predicted molar refractivity (Wildman–Crippen MR) is 138 cm³/mol. The molecule has 1 aromatic carbocycles. The molecule has 2 saturated heterocycles. The van der Waals surface area contributed by atoms with Crippen LogP contribution < -0.4 is 15.1 Å². The SMILES string of the molecule is CC(=O)CC[C@H]1CN(c2cc(F)c(N3CCN(C(=O)CNC(=O)c4cn5ccncc5n4)CC3)c(F)c2)C(=O)O1. The number of amides is 3. The van der Waals surface area contributed by atoms with Crippen molar-refractivity contribution < 1.29 is 32.7 Å². The van der Waals surface area contributed by atoms with Crippen molar-refractivity contribution in [1.29, 1.82) is 0 Å². The third kappa shape index (κ3) is 5.70. The van der Waals surface area contributed by atoms with Crippen LogP contribution in [0.3, 0.4) is 0 Å². The Morgan fingerprint density at radius 1 is 1.12 bits per heavy atom. The van der Waals surface area contributed by atoms with Gasteiger partial charge in [0.25, 0.3) is 5.91 Å². The number of aromatic nitrogens is 3. The van der Waals surface area contributed by atoms with Gasteiger partial charge in [-0.2, -0.15) is 0 Å². The molecule has 40 heavy (non-hydrogen) atoms. The minimum atomic E-state index is -0.843. The number of piperazine rings is 1. The third-order valence-electron chi connectivity index (χ3n) is 6.85. The van der Waals surface area contributed by atoms with Crippen LogP contribution in [0.4, 0.5) is 25.0 Å². The van der Waals surface area contributed by atoms with Crippen LogP contribution in [0.1, 0.15) is 30.3 Å². The van der Waals surface area contributed by atoms with Gasteiger partial charge in [-0.15, -0.1) is 0 Å². The molecule has 210 valence electrons. The molecule has 0 aliphatic carbocycles. The average Bonchev–Trinajstić information content (AvgIpc) is 3.53. The van der Waals surface area contributed by atoms with E-state index in [9.17, 15) is 19.2 Å². The maximum absolute atomic E-state index is 15.1. The van der Waals surface area contributed by atoms with Gasteiger partial charge in [-0.05, 0) is 13.3 Å². The molecule has 2 aromatic heterocycles. The van der Waals surface area contributed by atoms with Crippen LogP contribution >= 0.6 is 0 Å². The monoisotopic (exact) mass is 555 g/mol. The number of nitrogens with one attached hydrogen (secondary N) is 1. The maximum atomic E-state index is 15.1. The highest BCUT2D eigenvalue weighted by molar-refractivity contribution is 5.95. The van der Waals surface area contributed by atoms with Crippen LogP contribution in [-0.2, 0) is 14.3 Å². The molecule has 3 amide bonds. The van der Waals surface area contributed by atoms with E-state index in [-0.39, 0.29) is 74.4 Å². The lowest BCUT2D eigenvalue weighted by Gasteiger charge is -2.36. The molecule has 3 aromatic rings. The Morgan fingerprint density at radius 3 is 2.52 bits per heavy atom. The van der Waals surface area contributed by atoms with Gasteiger partial charge in [0, 0.05) is 63.3 Å². The maximum Gasteiger partial charge on any atom is 0.414 e. The molecular weight excluding hydrogens is 528 g/mol. The number of carbonyl (C=O) groups excluding carboxylic acids is 4. The van der Waals surface area contributed by atoms with E-state index in [2.05, 4.69) is 15.3 Å². The molecule has 0 bridgehead atoms. The van der Waals surface area contributed by atoms with Gasteiger partial charge in [0.2, 0.25) is 5.91 Å². The van der Waals surface area contributed by atoms with Crippen molar-refractivity contribution in [3.63, 3.8) is 0 Å². The summed E-state index contributed by atoms with van der Waals surface area (Å²) < 4.78 is 37.0. The smallest absolute Gasteiger partial charge is 0.414 e. The van der Waals surface area contributed by atoms with Gasteiger partial charge in [0.05, 0.1) is 25.0 Å². The number of imidazole rings is 1. The second kappa shape index (κ2) is 11.2. The summed E-state index contributed by atoms with van der Waals surface area (Å²) in [5, 5.41) is 2.55. The molecule has 4 heterocycles. The number of fused-ring (bicyclic) bond motifs is 1. The highest BCUT2D eigenvalue weighted by atomic mass is 19.1. The van der Waals surface area contributed by atoms with Crippen molar-refractivity contribution in [3.8, 4) is 0 Å². The molecule has 0 saturated carbocycles. The summed E-state index contributed by atoms with van der Waals surface area (Å²) in [6, 6.07) is 2.16. The van der Waals surface area contributed by atoms with E-state index >= 15 is 8.78 Å². The lowest BCUT2D eigenvalue weighted by atomic mass is 10.1. The number of hydrogen-bond acceptors (Lipinski definition) is 8. The van der Waals surface area contributed by atoms with Crippen molar-refractivity contribution in [2.24, 2.45) is 0 Å². The molecule has 5 rings (SSSR count). The van der Waals surface area contributed by atoms with E-state index in [1.165, 1.54) is 29.1 Å². The molecule has 1 N–H and O–H groups in total. The highest BCUT2D eigenvalue weighted by Crippen LogP contribution is 2.32. The van der Waals surface area contributed by atoms with E-state index in [1.807, 2.05) is 0 Å². The summed E-state index contributed by atoms with van der Waals surface area (Å²) in [6.45, 7) is 2.03. The highest BCUT2D eigenvalue weighted by Gasteiger charge is 2.34. The minimum absolute atomic E-state index is 0.0282. The quantitative estimate of drug-likeness (QED) is 0.446. The number of benzene rings is 1. The molecule has 0 spiro atoms. The summed E-state index contributed by atoms with van der Waals surface area (Å²) in [5.74, 6) is -2.56. The first-order valence-electron chi connectivity index (χ1n) is 12.8. The Kier molecular flexibility index (Phi) is 7.58. The largest absolute Gasteiger partial charge is 0.444 e. The van der Waals surface area contributed by atoms with Gasteiger partial charge in [-0.3, -0.25) is 19.5 Å². The fourth-order valence-electron chi connectivity index (χ4n) is 4.75. The Bertz CT molecular complexity index is 1410. The number of hydrogen-bond donors (Lipinski definition) is 1. The summed E-state index contributed by atoms with van der Waals surface area (Å²) in [5.41, 5.74) is 0.428. The number of Topliss-reactive ketones (excluding diaryl/α,β-unsaturated/α-hetero) is 1. The van der Waals surface area contributed by atoms with Crippen LogP contribution in [0.15, 0.2) is 36.9 Å². The second-order valence-electron chi connectivity index (χ2n) is 9.63. The number of halogens is 2. The fourth-order valence-corrected chi connectivity index (χ4v) is 4.75. The molecule has 0 unspecified atom stereocenters. The Morgan fingerprint density at radius 2 is 1.85 bits per heavy atom. The van der Waals surface area contributed by atoms with Crippen molar-refractivity contribution in [2.75, 3.05) is 49.1 Å². The van der Waals surface area contributed by atoms with E-state index in [1.54, 1.807) is 16.8 Å². The summed E-state index contributed by atoms with van der Waals surface area (Å²) in [4.78, 5) is 60.8. The number of carbonyl (C=O) groups is 4. The molecule has 1 atom stereocenters. The van der Waals surface area contributed by atoms with Crippen molar-refractivity contribution in [1.82, 2.24) is 24.6 Å². The molecule has 2 aliphatic heterocycles. The van der Waals surface area contributed by atoms with Gasteiger partial charge in [-0.25, -0.2) is 18.6 Å². The molecular formula is C26H27F2N7O5. The van der Waals surface area contributed by atoms with E-state index in [0.717, 1.165) is 17.0 Å². The van der Waals surface area contributed by atoms with Gasteiger partial charge >= 0.3 is 6.09 Å². The molecule has 2 fully saturated rings. The van der Waals surface area contributed by atoms with Crippen molar-refractivity contribution in [2.45, 2.75) is 25.9 Å². The molecule has 0 radical (unpaired) electrons. The fraction of sp³-hybridized carbons (Fsp3) is 0.385.